The molecule has 2 fully saturated rings. The number of piperidine rings is 1. The van der Waals surface area contributed by atoms with Crippen molar-refractivity contribution in [1.29, 1.82) is 0 Å². The van der Waals surface area contributed by atoms with Gasteiger partial charge < -0.3 is 14.7 Å². The Labute approximate surface area is 210 Å². The van der Waals surface area contributed by atoms with E-state index >= 15 is 0 Å². The minimum absolute atomic E-state index is 0.0176. The minimum Gasteiger partial charge on any atom is -0.364 e. The molecule has 1 aromatic carbocycles. The molecule has 0 unspecified atom stereocenters. The fraction of sp³-hybridized carbons (Fsp3) is 0.593. The van der Waals surface area contributed by atoms with Crippen molar-refractivity contribution >= 4 is 16.8 Å². The van der Waals surface area contributed by atoms with Crippen LogP contribution in [-0.2, 0) is 13.0 Å². The number of amides is 1. The highest BCUT2D eigenvalue weighted by Crippen LogP contribution is 2.37. The number of carbonyl (C=O) groups excluding carboxylic acids is 1. The average Bonchev–Trinajstić information content (AvgIpc) is 3.50. The van der Waals surface area contributed by atoms with Gasteiger partial charge in [-0.25, -0.2) is 8.78 Å². The van der Waals surface area contributed by atoms with Crippen molar-refractivity contribution in [3.8, 4) is 0 Å². The summed E-state index contributed by atoms with van der Waals surface area (Å²) in [6, 6.07) is 5.89. The van der Waals surface area contributed by atoms with E-state index < -0.39 is 5.92 Å². The maximum atomic E-state index is 13.8. The molecule has 2 aromatic heterocycles. The molecule has 7 nitrogen and oxygen atoms in total. The van der Waals surface area contributed by atoms with E-state index in [0.29, 0.717) is 17.2 Å². The Morgan fingerprint density at radius 1 is 1.17 bits per heavy atom. The molecule has 0 radical (unpaired) electrons. The second-order valence-corrected chi connectivity index (χ2v) is 10.6. The highest BCUT2D eigenvalue weighted by atomic mass is 19.3. The summed E-state index contributed by atoms with van der Waals surface area (Å²) < 4.78 is 34.3. The van der Waals surface area contributed by atoms with Gasteiger partial charge in [-0.2, -0.15) is 5.10 Å². The van der Waals surface area contributed by atoms with Gasteiger partial charge in [-0.15, -0.1) is 0 Å². The molecule has 194 valence electrons. The van der Waals surface area contributed by atoms with Gasteiger partial charge in [0.15, 0.2) is 0 Å². The number of fused-ring (bicyclic) bond motifs is 1. The normalized spacial score (nSPS) is 22.2. The van der Waals surface area contributed by atoms with Crippen molar-refractivity contribution in [3.63, 3.8) is 0 Å². The first-order valence-electron chi connectivity index (χ1n) is 13.1. The predicted octanol–water partition coefficient (Wildman–Crippen LogP) is 5.23. The van der Waals surface area contributed by atoms with E-state index in [1.165, 1.54) is 0 Å². The quantitative estimate of drug-likeness (QED) is 0.482. The number of carbonyl (C=O) groups is 1. The first kappa shape index (κ1) is 24.9. The number of benzene rings is 1. The van der Waals surface area contributed by atoms with Crippen molar-refractivity contribution in [3.05, 3.63) is 47.5 Å². The van der Waals surface area contributed by atoms with E-state index in [1.807, 2.05) is 31.4 Å². The summed E-state index contributed by atoms with van der Waals surface area (Å²) in [5, 5.41) is 12.4. The van der Waals surface area contributed by atoms with Gasteiger partial charge in [-0.1, -0.05) is 11.2 Å². The first-order chi connectivity index (χ1) is 17.3. The number of nitrogens with one attached hydrogen (secondary N) is 1. The van der Waals surface area contributed by atoms with Crippen LogP contribution in [0.5, 0.6) is 0 Å². The van der Waals surface area contributed by atoms with Gasteiger partial charge in [0.05, 0.1) is 22.3 Å². The van der Waals surface area contributed by atoms with Gasteiger partial charge in [0.25, 0.3) is 11.8 Å². The standard InChI is InChI=1S/C27H35F2N5O2/c1-27(28,29)23-17-36-32-25(23)19-11-14-34(15-12-19)13-10-18-6-8-20(9-7-18)30-26(35)21-4-3-5-24-22(21)16-33(2)31-24/h3-5,16-20H,6-15H2,1-2H3,(H,30,35)/t18-,20-. The largest absolute Gasteiger partial charge is 0.364 e. The van der Waals surface area contributed by atoms with E-state index in [1.54, 1.807) is 4.68 Å². The topological polar surface area (TPSA) is 76.2 Å². The van der Waals surface area contributed by atoms with Crippen LogP contribution in [-0.4, -0.2) is 51.4 Å². The minimum atomic E-state index is -2.92. The Hall–Kier alpha value is -2.81. The molecule has 2 aliphatic rings. The molecule has 3 heterocycles. The maximum Gasteiger partial charge on any atom is 0.275 e. The molecule has 1 N–H and O–H groups in total. The molecule has 0 atom stereocenters. The third-order valence-corrected chi connectivity index (χ3v) is 7.99. The summed E-state index contributed by atoms with van der Waals surface area (Å²) in [6.07, 6.45) is 10.0. The SMILES string of the molecule is Cn1cc2c(C(=O)N[C@H]3CC[C@H](CCN4CCC(c5nocc5C(C)(F)F)CC4)CC3)cccc2n1. The van der Waals surface area contributed by atoms with Crippen molar-refractivity contribution in [2.45, 2.75) is 69.8 Å². The zero-order chi connectivity index (χ0) is 25.3. The number of hydrogen-bond acceptors (Lipinski definition) is 5. The van der Waals surface area contributed by atoms with Crippen molar-refractivity contribution in [2.75, 3.05) is 19.6 Å². The molecule has 1 aliphatic carbocycles. The lowest BCUT2D eigenvalue weighted by Gasteiger charge is -2.34. The predicted molar refractivity (Wildman–Crippen MR) is 133 cm³/mol. The average molecular weight is 500 g/mol. The summed E-state index contributed by atoms with van der Waals surface area (Å²) in [5.41, 5.74) is 1.89. The summed E-state index contributed by atoms with van der Waals surface area (Å²) in [5.74, 6) is -2.23. The Balaban J connectivity index is 1.05. The fourth-order valence-corrected chi connectivity index (χ4v) is 5.88. The molecular formula is C27H35F2N5O2. The highest BCUT2D eigenvalue weighted by molar-refractivity contribution is 6.06. The second kappa shape index (κ2) is 10.3. The Kier molecular flexibility index (Phi) is 7.10. The van der Waals surface area contributed by atoms with E-state index in [2.05, 4.69) is 20.5 Å². The number of aromatic nitrogens is 3. The summed E-state index contributed by atoms with van der Waals surface area (Å²) >= 11 is 0. The van der Waals surface area contributed by atoms with Crippen LogP contribution in [0.2, 0.25) is 0 Å². The Bertz CT molecular complexity index is 1180. The third-order valence-electron chi connectivity index (χ3n) is 7.99. The van der Waals surface area contributed by atoms with Gasteiger partial charge in [-0.3, -0.25) is 9.48 Å². The summed E-state index contributed by atoms with van der Waals surface area (Å²) in [7, 11) is 1.87. The molecule has 36 heavy (non-hydrogen) atoms. The van der Waals surface area contributed by atoms with Crippen LogP contribution in [0.25, 0.3) is 10.9 Å². The zero-order valence-electron chi connectivity index (χ0n) is 21.1. The van der Waals surface area contributed by atoms with Gasteiger partial charge in [0.1, 0.15) is 6.26 Å². The van der Waals surface area contributed by atoms with Gasteiger partial charge >= 0.3 is 0 Å². The van der Waals surface area contributed by atoms with Gasteiger partial charge in [0, 0.05) is 37.5 Å². The Morgan fingerprint density at radius 2 is 1.92 bits per heavy atom. The van der Waals surface area contributed by atoms with Crippen LogP contribution < -0.4 is 5.32 Å². The van der Waals surface area contributed by atoms with Crippen LogP contribution in [0, 0.1) is 5.92 Å². The molecule has 1 saturated heterocycles. The third kappa shape index (κ3) is 5.45. The maximum absolute atomic E-state index is 13.8. The monoisotopic (exact) mass is 499 g/mol. The van der Waals surface area contributed by atoms with E-state index in [9.17, 15) is 13.6 Å². The van der Waals surface area contributed by atoms with E-state index in [-0.39, 0.29) is 23.4 Å². The lowest BCUT2D eigenvalue weighted by atomic mass is 9.83. The lowest BCUT2D eigenvalue weighted by Crippen LogP contribution is -2.39. The number of halogens is 2. The van der Waals surface area contributed by atoms with Crippen LogP contribution in [0.15, 0.2) is 35.2 Å². The molecule has 0 spiro atoms. The number of alkyl halides is 2. The smallest absolute Gasteiger partial charge is 0.275 e. The number of hydrogen-bond donors (Lipinski definition) is 1. The molecule has 1 saturated carbocycles. The first-order valence-corrected chi connectivity index (χ1v) is 13.1. The number of aryl methyl sites for hydroxylation is 1. The van der Waals surface area contributed by atoms with Crippen molar-refractivity contribution in [2.24, 2.45) is 13.0 Å². The van der Waals surface area contributed by atoms with Crippen LogP contribution in [0.4, 0.5) is 8.78 Å². The van der Waals surface area contributed by atoms with Crippen LogP contribution in [0.1, 0.15) is 79.4 Å². The molecule has 1 aliphatic heterocycles. The number of likely N-dealkylation sites (tertiary alicyclic amines) is 1. The molecule has 1 amide bonds. The number of rotatable bonds is 7. The molecule has 9 heteroatoms. The van der Waals surface area contributed by atoms with Gasteiger partial charge in [0.2, 0.25) is 0 Å². The Morgan fingerprint density at radius 3 is 2.64 bits per heavy atom. The van der Waals surface area contributed by atoms with E-state index in [0.717, 1.165) is 88.7 Å². The molecule has 0 bridgehead atoms. The van der Waals surface area contributed by atoms with E-state index in [4.69, 9.17) is 4.52 Å². The molecular weight excluding hydrogens is 464 g/mol. The highest BCUT2D eigenvalue weighted by Gasteiger charge is 2.35. The van der Waals surface area contributed by atoms with Crippen molar-refractivity contribution in [1.82, 2.24) is 25.2 Å². The van der Waals surface area contributed by atoms with Crippen LogP contribution in [0.3, 0.4) is 0 Å². The van der Waals surface area contributed by atoms with Gasteiger partial charge in [-0.05, 0) is 82.6 Å². The molecule has 3 aromatic rings. The summed E-state index contributed by atoms with van der Waals surface area (Å²) in [4.78, 5) is 15.4. The second-order valence-electron chi connectivity index (χ2n) is 10.6. The fourth-order valence-electron chi connectivity index (χ4n) is 5.88. The molecule has 5 rings (SSSR count). The van der Waals surface area contributed by atoms with Crippen LogP contribution >= 0.6 is 0 Å². The number of nitrogens with zero attached hydrogens (tertiary/aromatic N) is 4. The van der Waals surface area contributed by atoms with Crippen molar-refractivity contribution < 1.29 is 18.1 Å². The zero-order valence-corrected chi connectivity index (χ0v) is 21.1. The summed E-state index contributed by atoms with van der Waals surface area (Å²) in [6.45, 7) is 3.74. The lowest BCUT2D eigenvalue weighted by molar-refractivity contribution is 0.0153.